The van der Waals surface area contributed by atoms with Crippen LogP contribution in [0.4, 0.5) is 11.6 Å². The first-order valence-electron chi connectivity index (χ1n) is 7.52. The minimum absolute atomic E-state index is 0.0495. The Morgan fingerprint density at radius 1 is 1.43 bits per heavy atom. The van der Waals surface area contributed by atoms with Gasteiger partial charge in [0.15, 0.2) is 0 Å². The van der Waals surface area contributed by atoms with Crippen LogP contribution >= 0.6 is 11.3 Å². The Morgan fingerprint density at radius 2 is 2.14 bits per heavy atom. The molecule has 0 amide bonds. The summed E-state index contributed by atoms with van der Waals surface area (Å²) < 4.78 is 1.54. The summed E-state index contributed by atoms with van der Waals surface area (Å²) in [6.45, 7) is 3.03. The van der Waals surface area contributed by atoms with Crippen molar-refractivity contribution in [3.8, 4) is 0 Å². The van der Waals surface area contributed by atoms with E-state index in [-0.39, 0.29) is 10.7 Å². The van der Waals surface area contributed by atoms with E-state index in [9.17, 15) is 10.1 Å². The molecule has 2 heterocycles. The van der Waals surface area contributed by atoms with Crippen molar-refractivity contribution >= 4 is 27.9 Å². The van der Waals surface area contributed by atoms with Crippen LogP contribution in [0.15, 0.2) is 11.6 Å². The molecule has 2 aromatic rings. The molecule has 1 aliphatic rings. The second-order valence-corrected chi connectivity index (χ2v) is 6.65. The SMILES string of the molecule is CCC1CCC(CNc2nc3sccn3c2[N+](=O)[O-])CC1. The van der Waals surface area contributed by atoms with Gasteiger partial charge < -0.3 is 15.4 Å². The summed E-state index contributed by atoms with van der Waals surface area (Å²) in [6.07, 6.45) is 7.95. The van der Waals surface area contributed by atoms with Crippen molar-refractivity contribution in [1.29, 1.82) is 0 Å². The van der Waals surface area contributed by atoms with Gasteiger partial charge in [-0.1, -0.05) is 37.5 Å². The van der Waals surface area contributed by atoms with Gasteiger partial charge in [0.2, 0.25) is 5.82 Å². The number of aromatic nitrogens is 2. The van der Waals surface area contributed by atoms with Crippen molar-refractivity contribution in [2.24, 2.45) is 11.8 Å². The Morgan fingerprint density at radius 3 is 2.81 bits per heavy atom. The fourth-order valence-corrected chi connectivity index (χ4v) is 3.86. The number of nitro groups is 1. The molecule has 114 valence electrons. The van der Waals surface area contributed by atoms with Crippen molar-refractivity contribution in [1.82, 2.24) is 9.38 Å². The third kappa shape index (κ3) is 2.88. The molecule has 0 bridgehead atoms. The van der Waals surface area contributed by atoms with Gasteiger partial charge in [0, 0.05) is 11.9 Å². The van der Waals surface area contributed by atoms with Gasteiger partial charge in [-0.15, -0.1) is 0 Å². The molecule has 0 radical (unpaired) electrons. The summed E-state index contributed by atoms with van der Waals surface area (Å²) in [6, 6.07) is 0. The Kier molecular flexibility index (Phi) is 4.10. The van der Waals surface area contributed by atoms with Crippen molar-refractivity contribution in [3.63, 3.8) is 0 Å². The number of nitrogens with zero attached hydrogens (tertiary/aromatic N) is 3. The van der Waals surface area contributed by atoms with Crippen molar-refractivity contribution < 1.29 is 4.92 Å². The standard InChI is InChI=1S/C14H20N4O2S/c1-2-10-3-5-11(6-4-10)9-15-12-13(18(19)20)17-7-8-21-14(17)16-12/h7-8,10-11,15H,2-6,9H2,1H3. The van der Waals surface area contributed by atoms with Gasteiger partial charge in [-0.2, -0.15) is 9.38 Å². The fourth-order valence-electron chi connectivity index (χ4n) is 3.15. The van der Waals surface area contributed by atoms with E-state index in [4.69, 9.17) is 0 Å². The third-order valence-electron chi connectivity index (χ3n) is 4.51. The van der Waals surface area contributed by atoms with Crippen LogP contribution in [0.25, 0.3) is 4.96 Å². The Hall–Kier alpha value is -1.63. The van der Waals surface area contributed by atoms with Gasteiger partial charge in [-0.25, -0.2) is 0 Å². The number of rotatable bonds is 5. The maximum absolute atomic E-state index is 11.2. The number of nitrogens with one attached hydrogen (secondary N) is 1. The maximum Gasteiger partial charge on any atom is 0.372 e. The molecule has 1 saturated carbocycles. The van der Waals surface area contributed by atoms with Gasteiger partial charge in [-0.05, 0) is 29.6 Å². The molecule has 0 unspecified atom stereocenters. The van der Waals surface area contributed by atoms with Crippen LogP contribution in [0.3, 0.4) is 0 Å². The van der Waals surface area contributed by atoms with Crippen LogP contribution in [0, 0.1) is 22.0 Å². The molecule has 0 spiro atoms. The van der Waals surface area contributed by atoms with E-state index in [1.807, 2.05) is 5.38 Å². The predicted octanol–water partition coefficient (Wildman–Crippen LogP) is 3.93. The Labute approximate surface area is 127 Å². The molecule has 6 nitrogen and oxygen atoms in total. The fraction of sp³-hybridized carbons (Fsp3) is 0.643. The number of hydrogen-bond donors (Lipinski definition) is 1. The first-order valence-corrected chi connectivity index (χ1v) is 8.40. The van der Waals surface area contributed by atoms with Crippen molar-refractivity contribution in [2.75, 3.05) is 11.9 Å². The third-order valence-corrected chi connectivity index (χ3v) is 5.27. The highest BCUT2D eigenvalue weighted by Gasteiger charge is 2.25. The van der Waals surface area contributed by atoms with Crippen LogP contribution < -0.4 is 5.32 Å². The van der Waals surface area contributed by atoms with Gasteiger partial charge in [0.25, 0.3) is 4.96 Å². The van der Waals surface area contributed by atoms with E-state index < -0.39 is 0 Å². The Balaban J connectivity index is 1.67. The average Bonchev–Trinajstić information content (AvgIpc) is 3.05. The lowest BCUT2D eigenvalue weighted by Crippen LogP contribution is -2.21. The first kappa shape index (κ1) is 14.3. The number of imidazole rings is 1. The van der Waals surface area contributed by atoms with Gasteiger partial charge in [0.05, 0.1) is 0 Å². The highest BCUT2D eigenvalue weighted by Crippen LogP contribution is 2.32. The molecule has 3 rings (SSSR count). The molecule has 0 atom stereocenters. The molecule has 2 aromatic heterocycles. The summed E-state index contributed by atoms with van der Waals surface area (Å²) in [5.74, 6) is 1.93. The number of anilines is 1. The topological polar surface area (TPSA) is 72.5 Å². The highest BCUT2D eigenvalue weighted by atomic mass is 32.1. The lowest BCUT2D eigenvalue weighted by molar-refractivity contribution is -0.389. The second kappa shape index (κ2) is 6.01. The quantitative estimate of drug-likeness (QED) is 0.671. The normalized spacial score (nSPS) is 22.5. The summed E-state index contributed by atoms with van der Waals surface area (Å²) in [4.78, 5) is 15.9. The summed E-state index contributed by atoms with van der Waals surface area (Å²) in [7, 11) is 0. The molecule has 0 aromatic carbocycles. The molecule has 7 heteroatoms. The van der Waals surface area contributed by atoms with Gasteiger partial charge >= 0.3 is 5.82 Å². The van der Waals surface area contributed by atoms with Gasteiger partial charge in [0.1, 0.15) is 6.20 Å². The van der Waals surface area contributed by atoms with Crippen molar-refractivity contribution in [3.05, 3.63) is 21.7 Å². The van der Waals surface area contributed by atoms with Crippen LogP contribution in [-0.2, 0) is 0 Å². The lowest BCUT2D eigenvalue weighted by atomic mass is 9.81. The summed E-state index contributed by atoms with van der Waals surface area (Å²) in [5, 5.41) is 16.3. The minimum atomic E-state index is -0.358. The maximum atomic E-state index is 11.2. The molecular weight excluding hydrogens is 288 g/mol. The molecule has 1 aliphatic carbocycles. The van der Waals surface area contributed by atoms with Crippen LogP contribution in [0.1, 0.15) is 39.0 Å². The number of thiazole rings is 1. The molecule has 1 N–H and O–H groups in total. The van der Waals surface area contributed by atoms with E-state index in [1.165, 1.54) is 43.4 Å². The smallest absolute Gasteiger partial charge is 0.363 e. The summed E-state index contributed by atoms with van der Waals surface area (Å²) in [5.41, 5.74) is 0. The molecule has 21 heavy (non-hydrogen) atoms. The number of hydrogen-bond acceptors (Lipinski definition) is 5. The molecule has 0 aliphatic heterocycles. The summed E-state index contributed by atoms with van der Waals surface area (Å²) >= 11 is 1.41. The molecule has 0 saturated heterocycles. The van der Waals surface area contributed by atoms with E-state index in [0.29, 0.717) is 16.7 Å². The van der Waals surface area contributed by atoms with E-state index in [0.717, 1.165) is 12.5 Å². The van der Waals surface area contributed by atoms with Gasteiger partial charge in [-0.3, -0.25) is 0 Å². The average molecular weight is 308 g/mol. The van der Waals surface area contributed by atoms with E-state index in [1.54, 1.807) is 10.6 Å². The highest BCUT2D eigenvalue weighted by molar-refractivity contribution is 7.15. The lowest BCUT2D eigenvalue weighted by Gasteiger charge is -2.27. The monoisotopic (exact) mass is 308 g/mol. The zero-order valence-corrected chi connectivity index (χ0v) is 12.9. The second-order valence-electron chi connectivity index (χ2n) is 5.77. The zero-order valence-electron chi connectivity index (χ0n) is 12.1. The van der Waals surface area contributed by atoms with Crippen LogP contribution in [0.5, 0.6) is 0 Å². The van der Waals surface area contributed by atoms with Crippen LogP contribution in [0.2, 0.25) is 0 Å². The number of fused-ring (bicyclic) bond motifs is 1. The molecular formula is C14H20N4O2S. The predicted molar refractivity (Wildman–Crippen MR) is 84.0 cm³/mol. The van der Waals surface area contributed by atoms with Crippen molar-refractivity contribution in [2.45, 2.75) is 39.0 Å². The first-order chi connectivity index (χ1) is 10.2. The van der Waals surface area contributed by atoms with E-state index in [2.05, 4.69) is 17.2 Å². The Bertz CT molecular complexity index is 628. The zero-order chi connectivity index (χ0) is 14.8. The van der Waals surface area contributed by atoms with Crippen LogP contribution in [-0.4, -0.2) is 20.9 Å². The minimum Gasteiger partial charge on any atom is -0.363 e. The molecule has 1 fully saturated rings. The largest absolute Gasteiger partial charge is 0.372 e. The van der Waals surface area contributed by atoms with E-state index >= 15 is 0 Å².